The number of aromatic hydroxyl groups is 1. The molecule has 104 valence electrons. The third-order valence-electron chi connectivity index (χ3n) is 3.72. The third kappa shape index (κ3) is 3.96. The summed E-state index contributed by atoms with van der Waals surface area (Å²) in [6.45, 7) is 4.77. The number of rotatable bonds is 4. The first-order valence-electron chi connectivity index (χ1n) is 6.78. The average molecular weight is 262 g/mol. The van der Waals surface area contributed by atoms with E-state index in [1.807, 2.05) is 19.1 Å². The fraction of sp³-hybridized carbons (Fsp3) is 0.533. The molecule has 0 saturated carbocycles. The number of nitrogens with one attached hydrogen (secondary N) is 1. The van der Waals surface area contributed by atoms with E-state index in [0.717, 1.165) is 37.2 Å². The molecule has 1 aliphatic rings. The number of likely N-dealkylation sites (tertiary alicyclic amines) is 1. The van der Waals surface area contributed by atoms with Crippen molar-refractivity contribution < 1.29 is 9.90 Å². The number of phenolic OH excluding ortho intramolecular Hbond substituents is 1. The van der Waals surface area contributed by atoms with Gasteiger partial charge in [0.15, 0.2) is 0 Å². The van der Waals surface area contributed by atoms with E-state index in [4.69, 9.17) is 0 Å². The minimum atomic E-state index is 0.0257. The molecule has 1 heterocycles. The number of amides is 1. The summed E-state index contributed by atoms with van der Waals surface area (Å²) in [5.41, 5.74) is 1.68. The van der Waals surface area contributed by atoms with Gasteiger partial charge in [-0.15, -0.1) is 0 Å². The van der Waals surface area contributed by atoms with E-state index in [2.05, 4.69) is 17.3 Å². The van der Waals surface area contributed by atoms with Gasteiger partial charge in [0.2, 0.25) is 5.91 Å². The lowest BCUT2D eigenvalue weighted by atomic mass is 10.1. The van der Waals surface area contributed by atoms with Crippen LogP contribution in [0.15, 0.2) is 18.2 Å². The second-order valence-electron chi connectivity index (χ2n) is 5.52. The minimum absolute atomic E-state index is 0.0257. The molecule has 1 amide bonds. The van der Waals surface area contributed by atoms with Crippen LogP contribution in [0.2, 0.25) is 0 Å². The van der Waals surface area contributed by atoms with Crippen LogP contribution in [0.3, 0.4) is 0 Å². The molecule has 1 fully saturated rings. The lowest BCUT2D eigenvalue weighted by Gasteiger charge is -2.12. The Kier molecular flexibility index (Phi) is 4.43. The molecule has 0 bridgehead atoms. The molecule has 0 aliphatic carbocycles. The lowest BCUT2D eigenvalue weighted by Crippen LogP contribution is -2.31. The predicted octanol–water partition coefficient (Wildman–Crippen LogP) is 1.31. The maximum atomic E-state index is 11.8. The fourth-order valence-electron chi connectivity index (χ4n) is 2.46. The van der Waals surface area contributed by atoms with Crippen molar-refractivity contribution in [1.82, 2.24) is 10.2 Å². The van der Waals surface area contributed by atoms with Crippen LogP contribution in [0.5, 0.6) is 5.75 Å². The van der Waals surface area contributed by atoms with Crippen LogP contribution in [0.25, 0.3) is 0 Å². The Morgan fingerprint density at radius 1 is 1.53 bits per heavy atom. The van der Waals surface area contributed by atoms with Crippen molar-refractivity contribution in [2.45, 2.75) is 19.8 Å². The highest BCUT2D eigenvalue weighted by Gasteiger charge is 2.19. The summed E-state index contributed by atoms with van der Waals surface area (Å²) in [7, 11) is 2.11. The number of nitrogens with zero attached hydrogens (tertiary/aromatic N) is 1. The van der Waals surface area contributed by atoms with Gasteiger partial charge in [-0.05, 0) is 50.0 Å². The Bertz CT molecular complexity index is 459. The Morgan fingerprint density at radius 3 is 2.95 bits per heavy atom. The zero-order chi connectivity index (χ0) is 13.8. The van der Waals surface area contributed by atoms with Crippen LogP contribution in [0.1, 0.15) is 17.5 Å². The monoisotopic (exact) mass is 262 g/mol. The second-order valence-corrected chi connectivity index (χ2v) is 5.52. The topological polar surface area (TPSA) is 52.6 Å². The Labute approximate surface area is 114 Å². The van der Waals surface area contributed by atoms with E-state index < -0.39 is 0 Å². The van der Waals surface area contributed by atoms with E-state index in [9.17, 15) is 9.90 Å². The molecule has 1 aliphatic heterocycles. The van der Waals surface area contributed by atoms with Crippen LogP contribution < -0.4 is 5.32 Å². The maximum Gasteiger partial charge on any atom is 0.224 e. The summed E-state index contributed by atoms with van der Waals surface area (Å²) in [4.78, 5) is 14.1. The van der Waals surface area contributed by atoms with E-state index in [0.29, 0.717) is 12.3 Å². The summed E-state index contributed by atoms with van der Waals surface area (Å²) in [6.07, 6.45) is 1.48. The van der Waals surface area contributed by atoms with E-state index in [1.165, 1.54) is 0 Å². The molecule has 0 aromatic heterocycles. The van der Waals surface area contributed by atoms with Gasteiger partial charge in [-0.25, -0.2) is 0 Å². The van der Waals surface area contributed by atoms with Gasteiger partial charge in [0.25, 0.3) is 0 Å². The lowest BCUT2D eigenvalue weighted by molar-refractivity contribution is -0.120. The number of hydrogen-bond donors (Lipinski definition) is 2. The minimum Gasteiger partial charge on any atom is -0.508 e. The van der Waals surface area contributed by atoms with Crippen LogP contribution >= 0.6 is 0 Å². The van der Waals surface area contributed by atoms with Crippen molar-refractivity contribution in [2.75, 3.05) is 26.7 Å². The smallest absolute Gasteiger partial charge is 0.224 e. The molecule has 1 unspecified atom stereocenters. The zero-order valence-corrected chi connectivity index (χ0v) is 11.6. The number of hydrogen-bond acceptors (Lipinski definition) is 3. The highest BCUT2D eigenvalue weighted by atomic mass is 16.3. The molecule has 0 radical (unpaired) electrons. The molecule has 1 saturated heterocycles. The third-order valence-corrected chi connectivity index (χ3v) is 3.72. The van der Waals surface area contributed by atoms with Gasteiger partial charge < -0.3 is 15.3 Å². The molecule has 1 aromatic carbocycles. The van der Waals surface area contributed by atoms with Crippen LogP contribution in [-0.4, -0.2) is 42.6 Å². The SMILES string of the molecule is Cc1ccc(CC(=O)NCC2CCN(C)C2)cc1O. The second kappa shape index (κ2) is 6.06. The number of benzene rings is 1. The van der Waals surface area contributed by atoms with Crippen molar-refractivity contribution in [1.29, 1.82) is 0 Å². The molecule has 2 N–H and O–H groups in total. The summed E-state index contributed by atoms with van der Waals surface area (Å²) >= 11 is 0. The highest BCUT2D eigenvalue weighted by Crippen LogP contribution is 2.18. The summed E-state index contributed by atoms with van der Waals surface area (Å²) < 4.78 is 0. The van der Waals surface area contributed by atoms with Crippen molar-refractivity contribution >= 4 is 5.91 Å². The first-order chi connectivity index (χ1) is 9.04. The summed E-state index contributed by atoms with van der Waals surface area (Å²) in [6, 6.07) is 5.39. The largest absolute Gasteiger partial charge is 0.508 e. The number of aryl methyl sites for hydroxylation is 1. The first-order valence-corrected chi connectivity index (χ1v) is 6.78. The predicted molar refractivity (Wildman–Crippen MR) is 75.2 cm³/mol. The molecule has 4 heteroatoms. The van der Waals surface area contributed by atoms with E-state index in [-0.39, 0.29) is 11.7 Å². The summed E-state index contributed by atoms with van der Waals surface area (Å²) in [5, 5.41) is 12.6. The normalized spacial score (nSPS) is 19.6. The van der Waals surface area contributed by atoms with Gasteiger partial charge in [-0.3, -0.25) is 4.79 Å². The molecule has 0 spiro atoms. The standard InChI is InChI=1S/C15H22N2O2/c1-11-3-4-12(7-14(11)18)8-15(19)16-9-13-5-6-17(2)10-13/h3-4,7,13,18H,5-6,8-10H2,1-2H3,(H,16,19). The molecule has 1 atom stereocenters. The van der Waals surface area contributed by atoms with Crippen molar-refractivity contribution in [3.8, 4) is 5.75 Å². The molecule has 4 nitrogen and oxygen atoms in total. The van der Waals surface area contributed by atoms with Gasteiger partial charge in [0.05, 0.1) is 6.42 Å². The summed E-state index contributed by atoms with van der Waals surface area (Å²) in [5.74, 6) is 0.848. The quantitative estimate of drug-likeness (QED) is 0.860. The van der Waals surface area contributed by atoms with Crippen LogP contribution in [0, 0.1) is 12.8 Å². The molecule has 2 rings (SSSR count). The number of carbonyl (C=O) groups is 1. The van der Waals surface area contributed by atoms with Crippen LogP contribution in [0.4, 0.5) is 0 Å². The molecule has 19 heavy (non-hydrogen) atoms. The first kappa shape index (κ1) is 13.9. The molecular formula is C15H22N2O2. The van der Waals surface area contributed by atoms with Crippen molar-refractivity contribution in [2.24, 2.45) is 5.92 Å². The zero-order valence-electron chi connectivity index (χ0n) is 11.6. The number of phenols is 1. The van der Waals surface area contributed by atoms with Crippen molar-refractivity contribution in [3.05, 3.63) is 29.3 Å². The maximum absolute atomic E-state index is 11.8. The Morgan fingerprint density at radius 2 is 2.32 bits per heavy atom. The van der Waals surface area contributed by atoms with Gasteiger partial charge in [-0.2, -0.15) is 0 Å². The van der Waals surface area contributed by atoms with Crippen LogP contribution in [-0.2, 0) is 11.2 Å². The number of carbonyl (C=O) groups excluding carboxylic acids is 1. The molecule has 1 aromatic rings. The van der Waals surface area contributed by atoms with Gasteiger partial charge >= 0.3 is 0 Å². The van der Waals surface area contributed by atoms with Crippen molar-refractivity contribution in [3.63, 3.8) is 0 Å². The Hall–Kier alpha value is -1.55. The molecular weight excluding hydrogens is 240 g/mol. The van der Waals surface area contributed by atoms with Gasteiger partial charge in [-0.1, -0.05) is 12.1 Å². The fourth-order valence-corrected chi connectivity index (χ4v) is 2.46. The Balaban J connectivity index is 1.79. The highest BCUT2D eigenvalue weighted by molar-refractivity contribution is 5.78. The van der Waals surface area contributed by atoms with E-state index >= 15 is 0 Å². The average Bonchev–Trinajstić information content (AvgIpc) is 2.77. The van der Waals surface area contributed by atoms with Gasteiger partial charge in [0, 0.05) is 13.1 Å². The van der Waals surface area contributed by atoms with Gasteiger partial charge in [0.1, 0.15) is 5.75 Å². The van der Waals surface area contributed by atoms with E-state index in [1.54, 1.807) is 6.07 Å².